The highest BCUT2D eigenvalue weighted by Gasteiger charge is 2.40. The lowest BCUT2D eigenvalue weighted by molar-refractivity contribution is -0.140. The van der Waals surface area contributed by atoms with Gasteiger partial charge in [-0.15, -0.1) is 0 Å². The molecule has 8 heteroatoms. The van der Waals surface area contributed by atoms with Crippen molar-refractivity contribution in [3.63, 3.8) is 0 Å². The Bertz CT molecular complexity index is 768. The van der Waals surface area contributed by atoms with Gasteiger partial charge in [-0.05, 0) is 25.0 Å². The minimum Gasteiger partial charge on any atom is -0.480 e. The lowest BCUT2D eigenvalue weighted by Crippen LogP contribution is -2.40. The molecule has 0 aromatic carbocycles. The predicted octanol–water partition coefficient (Wildman–Crippen LogP) is 0.801. The predicted molar refractivity (Wildman–Crippen MR) is 70.6 cm³/mol. The molecule has 3 heterocycles. The number of fused-ring (bicyclic) bond motifs is 1. The fourth-order valence-corrected chi connectivity index (χ4v) is 4.35. The van der Waals surface area contributed by atoms with Crippen LogP contribution < -0.4 is 0 Å². The molecule has 1 fully saturated rings. The number of rotatable bonds is 3. The minimum atomic E-state index is -3.83. The zero-order chi connectivity index (χ0) is 14.3. The number of H-pyrrole nitrogens is 1. The maximum atomic E-state index is 12.6. The number of hydrogen-bond donors (Lipinski definition) is 2. The maximum absolute atomic E-state index is 12.6. The van der Waals surface area contributed by atoms with Crippen molar-refractivity contribution in [1.29, 1.82) is 0 Å². The molecule has 2 aromatic heterocycles. The van der Waals surface area contributed by atoms with Gasteiger partial charge in [-0.2, -0.15) is 4.31 Å². The average molecular weight is 295 g/mol. The molecular weight excluding hydrogens is 282 g/mol. The highest BCUT2D eigenvalue weighted by molar-refractivity contribution is 7.89. The average Bonchev–Trinajstić information content (AvgIpc) is 3.06. The van der Waals surface area contributed by atoms with Gasteiger partial charge >= 0.3 is 5.97 Å². The number of nitrogens with zero attached hydrogens (tertiary/aromatic N) is 2. The van der Waals surface area contributed by atoms with E-state index in [2.05, 4.69) is 9.97 Å². The molecule has 1 atom stereocenters. The Balaban J connectivity index is 2.10. The molecule has 3 rings (SSSR count). The largest absolute Gasteiger partial charge is 0.480 e. The van der Waals surface area contributed by atoms with Crippen LogP contribution >= 0.6 is 0 Å². The zero-order valence-corrected chi connectivity index (χ0v) is 11.3. The lowest BCUT2D eigenvalue weighted by atomic mass is 10.2. The van der Waals surface area contributed by atoms with E-state index in [1.54, 1.807) is 18.3 Å². The molecule has 0 bridgehead atoms. The van der Waals surface area contributed by atoms with Gasteiger partial charge < -0.3 is 10.1 Å². The summed E-state index contributed by atoms with van der Waals surface area (Å²) in [6, 6.07) is 2.31. The summed E-state index contributed by atoms with van der Waals surface area (Å²) in [7, 11) is -3.83. The SMILES string of the molecule is O=C(O)[C@@H]1CCCN1S(=O)(=O)c1c[nH]c2ncccc12. The third-order valence-electron chi connectivity index (χ3n) is 3.49. The fraction of sp³-hybridized carbons (Fsp3) is 0.333. The van der Waals surface area contributed by atoms with Crippen LogP contribution in [0.2, 0.25) is 0 Å². The Morgan fingerprint density at radius 3 is 3.05 bits per heavy atom. The highest BCUT2D eigenvalue weighted by atomic mass is 32.2. The highest BCUT2D eigenvalue weighted by Crippen LogP contribution is 2.29. The maximum Gasteiger partial charge on any atom is 0.322 e. The van der Waals surface area contributed by atoms with Crippen molar-refractivity contribution in [3.05, 3.63) is 24.5 Å². The number of carbonyl (C=O) groups is 1. The first-order valence-electron chi connectivity index (χ1n) is 6.18. The van der Waals surface area contributed by atoms with Gasteiger partial charge in [-0.3, -0.25) is 4.79 Å². The van der Waals surface area contributed by atoms with Crippen LogP contribution in [0, 0.1) is 0 Å². The molecule has 0 unspecified atom stereocenters. The van der Waals surface area contributed by atoms with Gasteiger partial charge in [0.15, 0.2) is 0 Å². The second kappa shape index (κ2) is 4.57. The molecular formula is C12H13N3O4S. The summed E-state index contributed by atoms with van der Waals surface area (Å²) in [4.78, 5) is 18.1. The topological polar surface area (TPSA) is 103 Å². The van der Waals surface area contributed by atoms with Gasteiger partial charge in [0, 0.05) is 24.3 Å². The first-order chi connectivity index (χ1) is 9.51. The van der Waals surface area contributed by atoms with Crippen LogP contribution in [0.25, 0.3) is 11.0 Å². The molecule has 0 aliphatic carbocycles. The summed E-state index contributed by atoms with van der Waals surface area (Å²) in [5, 5.41) is 9.61. The molecule has 20 heavy (non-hydrogen) atoms. The first kappa shape index (κ1) is 13.1. The minimum absolute atomic E-state index is 0.0775. The van der Waals surface area contributed by atoms with Gasteiger partial charge in [-0.1, -0.05) is 0 Å². The quantitative estimate of drug-likeness (QED) is 0.871. The molecule has 106 valence electrons. The Morgan fingerprint density at radius 1 is 1.50 bits per heavy atom. The molecule has 0 saturated carbocycles. The first-order valence-corrected chi connectivity index (χ1v) is 7.62. The van der Waals surface area contributed by atoms with Crippen molar-refractivity contribution >= 4 is 27.0 Å². The van der Waals surface area contributed by atoms with E-state index in [4.69, 9.17) is 5.11 Å². The number of carboxylic acids is 1. The van der Waals surface area contributed by atoms with Crippen molar-refractivity contribution in [1.82, 2.24) is 14.3 Å². The van der Waals surface area contributed by atoms with Crippen LogP contribution in [0.4, 0.5) is 0 Å². The second-order valence-corrected chi connectivity index (χ2v) is 6.52. The molecule has 2 N–H and O–H groups in total. The normalized spacial score (nSPS) is 20.5. The van der Waals surface area contributed by atoms with Gasteiger partial charge in [0.25, 0.3) is 0 Å². The van der Waals surface area contributed by atoms with Crippen LogP contribution in [-0.4, -0.2) is 46.4 Å². The Morgan fingerprint density at radius 2 is 2.30 bits per heavy atom. The van der Waals surface area contributed by atoms with Crippen LogP contribution in [0.3, 0.4) is 0 Å². The van der Waals surface area contributed by atoms with Gasteiger partial charge in [0.2, 0.25) is 10.0 Å². The van der Waals surface area contributed by atoms with Crippen molar-refractivity contribution in [2.75, 3.05) is 6.54 Å². The summed E-state index contributed by atoms with van der Waals surface area (Å²) in [6.07, 6.45) is 3.82. The summed E-state index contributed by atoms with van der Waals surface area (Å²) in [6.45, 7) is 0.228. The van der Waals surface area contributed by atoms with E-state index in [9.17, 15) is 13.2 Å². The fourth-order valence-electron chi connectivity index (χ4n) is 2.55. The summed E-state index contributed by atoms with van der Waals surface area (Å²) in [5.41, 5.74) is 0.470. The number of hydrogen-bond acceptors (Lipinski definition) is 4. The second-order valence-electron chi connectivity index (χ2n) is 4.66. The molecule has 1 aliphatic heterocycles. The number of sulfonamides is 1. The van der Waals surface area contributed by atoms with E-state index in [1.807, 2.05) is 0 Å². The Labute approximate surface area is 115 Å². The van der Waals surface area contributed by atoms with E-state index in [0.29, 0.717) is 23.9 Å². The van der Waals surface area contributed by atoms with E-state index in [0.717, 1.165) is 4.31 Å². The standard InChI is InChI=1S/C12H13N3O4S/c16-12(17)9-4-2-6-15(9)20(18,19)10-7-14-11-8(10)3-1-5-13-11/h1,3,5,7,9H,2,4,6H2,(H,13,14)(H,16,17)/t9-/m0/s1. The summed E-state index contributed by atoms with van der Waals surface area (Å²) >= 11 is 0. The van der Waals surface area contributed by atoms with Gasteiger partial charge in [-0.25, -0.2) is 13.4 Å². The zero-order valence-electron chi connectivity index (χ0n) is 10.5. The third kappa shape index (κ3) is 1.88. The number of aromatic amines is 1. The van der Waals surface area contributed by atoms with Crippen LogP contribution in [-0.2, 0) is 14.8 Å². The van der Waals surface area contributed by atoms with Crippen LogP contribution in [0.1, 0.15) is 12.8 Å². The molecule has 0 amide bonds. The third-order valence-corrected chi connectivity index (χ3v) is 5.44. The molecule has 0 radical (unpaired) electrons. The van der Waals surface area contributed by atoms with Crippen LogP contribution in [0.5, 0.6) is 0 Å². The van der Waals surface area contributed by atoms with Crippen molar-refractivity contribution in [3.8, 4) is 0 Å². The van der Waals surface area contributed by atoms with Crippen LogP contribution in [0.15, 0.2) is 29.4 Å². The molecule has 1 saturated heterocycles. The Hall–Kier alpha value is -1.93. The van der Waals surface area contributed by atoms with E-state index >= 15 is 0 Å². The Kier molecular flexibility index (Phi) is 2.98. The molecule has 0 spiro atoms. The summed E-state index contributed by atoms with van der Waals surface area (Å²) < 4.78 is 26.3. The smallest absolute Gasteiger partial charge is 0.322 e. The van der Waals surface area contributed by atoms with Gasteiger partial charge in [0.05, 0.1) is 0 Å². The number of pyridine rings is 1. The van der Waals surface area contributed by atoms with E-state index < -0.39 is 22.0 Å². The van der Waals surface area contributed by atoms with E-state index in [1.165, 1.54) is 6.20 Å². The number of carboxylic acid groups (broad SMARTS) is 1. The van der Waals surface area contributed by atoms with E-state index in [-0.39, 0.29) is 11.4 Å². The number of aromatic nitrogens is 2. The monoisotopic (exact) mass is 295 g/mol. The summed E-state index contributed by atoms with van der Waals surface area (Å²) in [5.74, 6) is -1.11. The van der Waals surface area contributed by atoms with Crippen molar-refractivity contribution < 1.29 is 18.3 Å². The number of aliphatic carboxylic acids is 1. The molecule has 1 aliphatic rings. The number of nitrogens with one attached hydrogen (secondary N) is 1. The van der Waals surface area contributed by atoms with Crippen molar-refractivity contribution in [2.24, 2.45) is 0 Å². The molecule has 2 aromatic rings. The van der Waals surface area contributed by atoms with Crippen molar-refractivity contribution in [2.45, 2.75) is 23.8 Å². The lowest BCUT2D eigenvalue weighted by Gasteiger charge is -2.20. The van der Waals surface area contributed by atoms with Gasteiger partial charge in [0.1, 0.15) is 16.6 Å². The molecule has 7 nitrogen and oxygen atoms in total.